The van der Waals surface area contributed by atoms with E-state index in [0.717, 1.165) is 41.9 Å². The van der Waals surface area contributed by atoms with Gasteiger partial charge in [0.15, 0.2) is 11.6 Å². The number of aromatic nitrogens is 6. The van der Waals surface area contributed by atoms with E-state index in [0.29, 0.717) is 17.8 Å². The monoisotopic (exact) mass is 344 g/mol. The van der Waals surface area contributed by atoms with Crippen LogP contribution in [-0.2, 0) is 6.54 Å². The predicted molar refractivity (Wildman–Crippen MR) is 91.1 cm³/mol. The molecule has 1 aliphatic heterocycles. The van der Waals surface area contributed by atoms with E-state index in [1.807, 2.05) is 23.7 Å². The smallest absolute Gasteiger partial charge is 0.245 e. The number of hydrogen-bond acceptors (Lipinski definition) is 10. The maximum Gasteiger partial charge on any atom is 0.245 e. The minimum Gasteiger partial charge on any atom is -0.352 e. The van der Waals surface area contributed by atoms with Crippen molar-refractivity contribution in [2.24, 2.45) is 0 Å². The molecule has 1 aliphatic rings. The molecule has 9 nitrogen and oxygen atoms in total. The Labute approximate surface area is 142 Å². The molecule has 124 valence electrons. The van der Waals surface area contributed by atoms with Crippen molar-refractivity contribution in [1.82, 2.24) is 30.2 Å². The van der Waals surface area contributed by atoms with Gasteiger partial charge >= 0.3 is 0 Å². The van der Waals surface area contributed by atoms with Crippen LogP contribution in [0.15, 0.2) is 23.2 Å². The van der Waals surface area contributed by atoms with Gasteiger partial charge in [0, 0.05) is 44.0 Å². The highest BCUT2D eigenvalue weighted by Gasteiger charge is 2.22. The second-order valence-electron chi connectivity index (χ2n) is 5.43. The van der Waals surface area contributed by atoms with Gasteiger partial charge < -0.3 is 9.80 Å². The average molecular weight is 344 g/mol. The van der Waals surface area contributed by atoms with E-state index in [-0.39, 0.29) is 0 Å². The molecule has 0 aromatic carbocycles. The van der Waals surface area contributed by atoms with Crippen molar-refractivity contribution >= 4 is 34.7 Å². The summed E-state index contributed by atoms with van der Waals surface area (Å²) in [6.45, 7) is 2.44. The summed E-state index contributed by atoms with van der Waals surface area (Å²) < 4.78 is 4.77. The molecule has 3 aromatic heterocycles. The van der Waals surface area contributed by atoms with Gasteiger partial charge in [0.1, 0.15) is 0 Å². The fourth-order valence-electron chi connectivity index (χ4n) is 2.59. The standard InChI is InChI=1S/C14H16N8OS/c1-21(9-10-8-15-2-3-16-10)13-14(22-4-6-24-7-5-22)18-12-11(17-13)19-23-20-12/h2-3,8H,4-7,9H2,1H3. The van der Waals surface area contributed by atoms with Crippen LogP contribution in [0.5, 0.6) is 0 Å². The molecule has 10 heteroatoms. The second-order valence-corrected chi connectivity index (χ2v) is 6.66. The summed E-state index contributed by atoms with van der Waals surface area (Å²) in [5.41, 5.74) is 1.70. The lowest BCUT2D eigenvalue weighted by molar-refractivity contribution is 0.314. The Morgan fingerprint density at radius 3 is 2.71 bits per heavy atom. The molecule has 0 unspecified atom stereocenters. The quantitative estimate of drug-likeness (QED) is 0.681. The van der Waals surface area contributed by atoms with Crippen molar-refractivity contribution in [3.05, 3.63) is 24.3 Å². The summed E-state index contributed by atoms with van der Waals surface area (Å²) in [6, 6.07) is 0. The Hall–Kier alpha value is -2.49. The normalized spacial score (nSPS) is 15.0. The van der Waals surface area contributed by atoms with Crippen LogP contribution in [0.2, 0.25) is 0 Å². The van der Waals surface area contributed by atoms with Gasteiger partial charge in [-0.15, -0.1) is 0 Å². The molecule has 0 saturated carbocycles. The highest BCUT2D eigenvalue weighted by Crippen LogP contribution is 2.29. The lowest BCUT2D eigenvalue weighted by Gasteiger charge is -2.30. The van der Waals surface area contributed by atoms with Crippen LogP contribution in [0.4, 0.5) is 11.6 Å². The zero-order chi connectivity index (χ0) is 16.4. The zero-order valence-corrected chi connectivity index (χ0v) is 14.0. The first-order chi connectivity index (χ1) is 11.8. The Bertz CT molecular complexity index is 820. The van der Waals surface area contributed by atoms with Crippen LogP contribution < -0.4 is 9.80 Å². The maximum atomic E-state index is 4.77. The second kappa shape index (κ2) is 6.56. The lowest BCUT2D eigenvalue weighted by Crippen LogP contribution is -2.35. The minimum absolute atomic E-state index is 0.408. The van der Waals surface area contributed by atoms with Gasteiger partial charge in [-0.25, -0.2) is 14.6 Å². The van der Waals surface area contributed by atoms with Crippen LogP contribution in [-0.4, -0.2) is 61.9 Å². The first-order valence-electron chi connectivity index (χ1n) is 7.60. The van der Waals surface area contributed by atoms with E-state index in [1.54, 1.807) is 18.6 Å². The van der Waals surface area contributed by atoms with Crippen LogP contribution in [0.25, 0.3) is 11.3 Å². The van der Waals surface area contributed by atoms with Gasteiger partial charge in [-0.3, -0.25) is 9.97 Å². The molecule has 4 rings (SSSR count). The molecule has 0 spiro atoms. The topological polar surface area (TPSA) is 97.0 Å². The summed E-state index contributed by atoms with van der Waals surface area (Å²) in [5.74, 6) is 3.70. The van der Waals surface area contributed by atoms with Crippen molar-refractivity contribution < 1.29 is 4.63 Å². The van der Waals surface area contributed by atoms with E-state index in [4.69, 9.17) is 4.63 Å². The molecule has 0 N–H and O–H groups in total. The third kappa shape index (κ3) is 2.96. The minimum atomic E-state index is 0.408. The van der Waals surface area contributed by atoms with E-state index in [2.05, 4.69) is 35.1 Å². The summed E-state index contributed by atoms with van der Waals surface area (Å²) in [7, 11) is 1.96. The van der Waals surface area contributed by atoms with Crippen molar-refractivity contribution in [2.45, 2.75) is 6.54 Å². The molecule has 3 aromatic rings. The molecule has 24 heavy (non-hydrogen) atoms. The van der Waals surface area contributed by atoms with Gasteiger partial charge in [-0.2, -0.15) is 11.8 Å². The molecular formula is C14H16N8OS. The van der Waals surface area contributed by atoms with Crippen molar-refractivity contribution in [1.29, 1.82) is 0 Å². The fraction of sp³-hybridized carbons (Fsp3) is 0.429. The number of thioether (sulfide) groups is 1. The largest absolute Gasteiger partial charge is 0.352 e. The first kappa shape index (κ1) is 15.1. The van der Waals surface area contributed by atoms with Gasteiger partial charge in [0.05, 0.1) is 18.4 Å². The van der Waals surface area contributed by atoms with E-state index in [1.165, 1.54) is 0 Å². The van der Waals surface area contributed by atoms with Crippen molar-refractivity contribution in [3.8, 4) is 0 Å². The fourth-order valence-corrected chi connectivity index (χ4v) is 3.50. The van der Waals surface area contributed by atoms with Crippen LogP contribution in [0, 0.1) is 0 Å². The number of anilines is 2. The number of nitrogens with zero attached hydrogens (tertiary/aromatic N) is 8. The van der Waals surface area contributed by atoms with Gasteiger partial charge in [0.2, 0.25) is 11.3 Å². The highest BCUT2D eigenvalue weighted by atomic mass is 32.2. The van der Waals surface area contributed by atoms with Crippen LogP contribution >= 0.6 is 11.8 Å². The van der Waals surface area contributed by atoms with Crippen LogP contribution in [0.3, 0.4) is 0 Å². The predicted octanol–water partition coefficient (Wildman–Crippen LogP) is 0.992. The molecule has 4 heterocycles. The average Bonchev–Trinajstić information content (AvgIpc) is 3.10. The summed E-state index contributed by atoms with van der Waals surface area (Å²) in [5, 5.41) is 7.64. The Morgan fingerprint density at radius 1 is 1.17 bits per heavy atom. The SMILES string of the molecule is CN(Cc1cnccn1)c1nc2nonc2nc1N1CCSCC1. The molecule has 0 bridgehead atoms. The Kier molecular flexibility index (Phi) is 4.11. The first-order valence-corrected chi connectivity index (χ1v) is 8.76. The van der Waals surface area contributed by atoms with E-state index < -0.39 is 0 Å². The van der Waals surface area contributed by atoms with Crippen LogP contribution in [0.1, 0.15) is 5.69 Å². The third-order valence-electron chi connectivity index (χ3n) is 3.77. The molecule has 0 radical (unpaired) electrons. The number of rotatable bonds is 4. The van der Waals surface area contributed by atoms with Gasteiger partial charge in [0.25, 0.3) is 0 Å². The molecule has 1 fully saturated rings. The molecule has 0 atom stereocenters. The van der Waals surface area contributed by atoms with E-state index in [9.17, 15) is 0 Å². The Morgan fingerprint density at radius 2 is 1.96 bits per heavy atom. The summed E-state index contributed by atoms with van der Waals surface area (Å²) in [4.78, 5) is 21.9. The molecule has 0 amide bonds. The molecule has 0 aliphatic carbocycles. The van der Waals surface area contributed by atoms with Gasteiger partial charge in [-0.1, -0.05) is 0 Å². The van der Waals surface area contributed by atoms with Crippen molar-refractivity contribution in [3.63, 3.8) is 0 Å². The summed E-state index contributed by atoms with van der Waals surface area (Å²) in [6.07, 6.45) is 5.09. The maximum absolute atomic E-state index is 4.77. The highest BCUT2D eigenvalue weighted by molar-refractivity contribution is 7.99. The number of fused-ring (bicyclic) bond motifs is 1. The molecular weight excluding hydrogens is 328 g/mol. The van der Waals surface area contributed by atoms with Gasteiger partial charge in [-0.05, 0) is 10.3 Å². The lowest BCUT2D eigenvalue weighted by atomic mass is 10.3. The zero-order valence-electron chi connectivity index (χ0n) is 13.2. The Balaban J connectivity index is 1.71. The van der Waals surface area contributed by atoms with Crippen molar-refractivity contribution in [2.75, 3.05) is 41.4 Å². The summed E-state index contributed by atoms with van der Waals surface area (Å²) >= 11 is 1.95. The number of hydrogen-bond donors (Lipinski definition) is 0. The third-order valence-corrected chi connectivity index (χ3v) is 4.71. The molecule has 1 saturated heterocycles. The van der Waals surface area contributed by atoms with E-state index >= 15 is 0 Å².